The molecule has 6 heteroatoms. The number of carbonyl (C=O) groups excluding carboxylic acids is 1. The Bertz CT molecular complexity index is 719. The van der Waals surface area contributed by atoms with Crippen molar-refractivity contribution in [3.05, 3.63) is 52.2 Å². The summed E-state index contributed by atoms with van der Waals surface area (Å²) in [6, 6.07) is 7.00. The fourth-order valence-corrected chi connectivity index (χ4v) is 1.55. The maximum absolute atomic E-state index is 11.8. The van der Waals surface area contributed by atoms with Gasteiger partial charge in [-0.25, -0.2) is 4.79 Å². The van der Waals surface area contributed by atoms with E-state index >= 15 is 0 Å². The van der Waals surface area contributed by atoms with Gasteiger partial charge in [-0.1, -0.05) is 17.9 Å². The molecule has 0 aliphatic carbocycles. The van der Waals surface area contributed by atoms with Crippen LogP contribution < -0.4 is 11.0 Å². The minimum absolute atomic E-state index is 0.0181. The largest absolute Gasteiger partial charge is 0.395 e. The highest BCUT2D eigenvalue weighted by molar-refractivity contribution is 6.02. The van der Waals surface area contributed by atoms with Crippen molar-refractivity contribution in [1.82, 2.24) is 9.97 Å². The van der Waals surface area contributed by atoms with Gasteiger partial charge in [0.2, 0.25) is 0 Å². The van der Waals surface area contributed by atoms with E-state index in [1.807, 2.05) is 0 Å². The lowest BCUT2D eigenvalue weighted by molar-refractivity contribution is 0.102. The van der Waals surface area contributed by atoms with Crippen LogP contribution in [0.5, 0.6) is 0 Å². The van der Waals surface area contributed by atoms with Crippen LogP contribution >= 0.6 is 0 Å². The van der Waals surface area contributed by atoms with E-state index in [2.05, 4.69) is 27.1 Å². The van der Waals surface area contributed by atoms with Gasteiger partial charge in [-0.3, -0.25) is 4.79 Å². The molecule has 2 aromatic rings. The first kappa shape index (κ1) is 13.6. The Morgan fingerprint density at radius 2 is 2.25 bits per heavy atom. The summed E-state index contributed by atoms with van der Waals surface area (Å²) >= 11 is 0. The maximum atomic E-state index is 11.8. The van der Waals surface area contributed by atoms with Gasteiger partial charge >= 0.3 is 5.69 Å². The maximum Gasteiger partial charge on any atom is 0.323 e. The van der Waals surface area contributed by atoms with Gasteiger partial charge in [-0.15, -0.1) is 0 Å². The Kier molecular flexibility index (Phi) is 4.37. The summed E-state index contributed by atoms with van der Waals surface area (Å²) in [6.07, 6.45) is 1.71. The molecule has 1 aromatic carbocycles. The number of aromatic amines is 2. The Labute approximate surface area is 114 Å². The summed E-state index contributed by atoms with van der Waals surface area (Å²) in [5, 5.41) is 11.3. The number of benzene rings is 1. The van der Waals surface area contributed by atoms with Gasteiger partial charge in [0.1, 0.15) is 5.69 Å². The Balaban J connectivity index is 2.10. The van der Waals surface area contributed by atoms with E-state index < -0.39 is 11.6 Å². The number of rotatable bonds is 3. The van der Waals surface area contributed by atoms with Crippen LogP contribution in [-0.2, 0) is 0 Å². The van der Waals surface area contributed by atoms with Crippen molar-refractivity contribution < 1.29 is 9.90 Å². The van der Waals surface area contributed by atoms with E-state index in [1.54, 1.807) is 24.3 Å². The van der Waals surface area contributed by atoms with Crippen LogP contribution in [0.15, 0.2) is 35.3 Å². The molecule has 0 spiro atoms. The molecule has 1 heterocycles. The van der Waals surface area contributed by atoms with Gasteiger partial charge in [-0.05, 0) is 18.2 Å². The molecule has 6 nitrogen and oxygen atoms in total. The number of nitrogens with one attached hydrogen (secondary N) is 3. The molecule has 20 heavy (non-hydrogen) atoms. The zero-order chi connectivity index (χ0) is 14.4. The highest BCUT2D eigenvalue weighted by Crippen LogP contribution is 2.10. The molecule has 102 valence electrons. The third-order valence-electron chi connectivity index (χ3n) is 2.43. The molecule has 0 unspecified atom stereocenters. The van der Waals surface area contributed by atoms with Gasteiger partial charge in [-0.2, -0.15) is 0 Å². The van der Waals surface area contributed by atoms with Crippen LogP contribution in [0.3, 0.4) is 0 Å². The number of carbonyl (C=O) groups is 1. The van der Waals surface area contributed by atoms with Crippen molar-refractivity contribution in [2.24, 2.45) is 0 Å². The first-order valence-corrected chi connectivity index (χ1v) is 5.98. The van der Waals surface area contributed by atoms with E-state index in [-0.39, 0.29) is 12.3 Å². The van der Waals surface area contributed by atoms with Gasteiger partial charge in [0.05, 0.1) is 6.61 Å². The Morgan fingerprint density at radius 1 is 1.40 bits per heavy atom. The lowest BCUT2D eigenvalue weighted by Gasteiger charge is -2.03. The third kappa shape index (κ3) is 3.60. The van der Waals surface area contributed by atoms with Crippen LogP contribution in [0.4, 0.5) is 5.69 Å². The molecule has 4 N–H and O–H groups in total. The molecule has 1 aromatic heterocycles. The average molecular weight is 271 g/mol. The van der Waals surface area contributed by atoms with Crippen LogP contribution in [0.25, 0.3) is 0 Å². The summed E-state index contributed by atoms with van der Waals surface area (Å²) in [5.74, 6) is 5.27. The van der Waals surface area contributed by atoms with Crippen molar-refractivity contribution in [2.75, 3.05) is 11.9 Å². The molecule has 0 radical (unpaired) electrons. The van der Waals surface area contributed by atoms with Crippen LogP contribution in [0.1, 0.15) is 22.5 Å². The van der Waals surface area contributed by atoms with Gasteiger partial charge in [0.15, 0.2) is 0 Å². The molecule has 2 rings (SSSR count). The van der Waals surface area contributed by atoms with E-state index in [0.717, 1.165) is 5.56 Å². The second kappa shape index (κ2) is 6.41. The van der Waals surface area contributed by atoms with E-state index in [1.165, 1.54) is 6.20 Å². The first-order valence-electron chi connectivity index (χ1n) is 5.98. The monoisotopic (exact) mass is 271 g/mol. The number of anilines is 1. The van der Waals surface area contributed by atoms with Crippen molar-refractivity contribution in [3.8, 4) is 11.8 Å². The van der Waals surface area contributed by atoms with Crippen LogP contribution in [0, 0.1) is 11.8 Å². The molecular formula is C14H13N3O3. The highest BCUT2D eigenvalue weighted by Gasteiger charge is 2.07. The van der Waals surface area contributed by atoms with E-state index in [0.29, 0.717) is 12.1 Å². The van der Waals surface area contributed by atoms with Gasteiger partial charge in [0, 0.05) is 23.9 Å². The second-order valence-electron chi connectivity index (χ2n) is 3.97. The number of hydrogen-bond donors (Lipinski definition) is 4. The first-order chi connectivity index (χ1) is 9.69. The summed E-state index contributed by atoms with van der Waals surface area (Å²) in [4.78, 5) is 27.5. The predicted molar refractivity (Wildman–Crippen MR) is 74.4 cm³/mol. The summed E-state index contributed by atoms with van der Waals surface area (Å²) < 4.78 is 0. The molecule has 0 bridgehead atoms. The number of aliphatic hydroxyl groups is 1. The normalized spacial score (nSPS) is 9.65. The minimum atomic E-state index is -0.432. The number of amides is 1. The van der Waals surface area contributed by atoms with Crippen molar-refractivity contribution in [3.63, 3.8) is 0 Å². The molecule has 0 saturated heterocycles. The lowest BCUT2D eigenvalue weighted by Crippen LogP contribution is -2.14. The quantitative estimate of drug-likeness (QED) is 0.618. The topological polar surface area (TPSA) is 98.0 Å². The molecule has 0 atom stereocenters. The van der Waals surface area contributed by atoms with Crippen molar-refractivity contribution in [1.29, 1.82) is 0 Å². The third-order valence-corrected chi connectivity index (χ3v) is 2.43. The van der Waals surface area contributed by atoms with E-state index in [4.69, 9.17) is 5.11 Å². The number of H-pyrrole nitrogens is 2. The van der Waals surface area contributed by atoms with Gasteiger partial charge in [0.25, 0.3) is 5.91 Å². The molecule has 0 aliphatic rings. The average Bonchev–Trinajstić information content (AvgIpc) is 2.86. The fourth-order valence-electron chi connectivity index (χ4n) is 1.55. The zero-order valence-corrected chi connectivity index (χ0v) is 10.6. The summed E-state index contributed by atoms with van der Waals surface area (Å²) in [5.41, 5.74) is 1.04. The SMILES string of the molecule is O=C(Nc1cccc(C#CCCO)c1)c1c[nH]c(=O)[nH]1. The highest BCUT2D eigenvalue weighted by atomic mass is 16.2. The van der Waals surface area contributed by atoms with E-state index in [9.17, 15) is 9.59 Å². The molecule has 0 saturated carbocycles. The fraction of sp³-hybridized carbons (Fsp3) is 0.143. The van der Waals surface area contributed by atoms with Gasteiger partial charge < -0.3 is 20.4 Å². The summed E-state index contributed by atoms with van der Waals surface area (Å²) in [6.45, 7) is 0.0181. The Hall–Kier alpha value is -2.78. The molecule has 0 fully saturated rings. The number of imidazole rings is 1. The molecular weight excluding hydrogens is 258 g/mol. The smallest absolute Gasteiger partial charge is 0.323 e. The Morgan fingerprint density at radius 3 is 2.95 bits per heavy atom. The zero-order valence-electron chi connectivity index (χ0n) is 10.6. The van der Waals surface area contributed by atoms with Crippen molar-refractivity contribution in [2.45, 2.75) is 6.42 Å². The minimum Gasteiger partial charge on any atom is -0.395 e. The number of aliphatic hydroxyl groups excluding tert-OH is 1. The predicted octanol–water partition coefficient (Wildman–Crippen LogP) is 0.689. The second-order valence-corrected chi connectivity index (χ2v) is 3.97. The van der Waals surface area contributed by atoms with Crippen molar-refractivity contribution >= 4 is 11.6 Å². The number of aromatic nitrogens is 2. The lowest BCUT2D eigenvalue weighted by atomic mass is 10.2. The molecule has 1 amide bonds. The standard InChI is InChI=1S/C14H13N3O3/c18-7-2-1-4-10-5-3-6-11(8-10)16-13(19)12-9-15-14(20)17-12/h3,5-6,8-9,18H,2,7H2,(H,16,19)(H2,15,17,20). The van der Waals surface area contributed by atoms with Crippen LogP contribution in [0.2, 0.25) is 0 Å². The molecule has 0 aliphatic heterocycles. The van der Waals surface area contributed by atoms with Crippen LogP contribution in [-0.4, -0.2) is 27.6 Å². The number of hydrogen-bond acceptors (Lipinski definition) is 3. The summed E-state index contributed by atoms with van der Waals surface area (Å²) in [7, 11) is 0.